The molecule has 1 saturated heterocycles. The van der Waals surface area contributed by atoms with E-state index in [0.717, 1.165) is 11.3 Å². The average molecular weight is 372 g/mol. The van der Waals surface area contributed by atoms with E-state index in [1.807, 2.05) is 36.4 Å². The molecule has 25 heavy (non-hydrogen) atoms. The number of nitrogens with one attached hydrogen (secondary N) is 1. The third kappa shape index (κ3) is 3.78. The second kappa shape index (κ2) is 7.58. The molecule has 0 aromatic heterocycles. The van der Waals surface area contributed by atoms with Gasteiger partial charge in [-0.1, -0.05) is 30.0 Å². The van der Waals surface area contributed by atoms with E-state index in [-0.39, 0.29) is 5.91 Å². The fourth-order valence-corrected chi connectivity index (χ4v) is 3.47. The maximum absolute atomic E-state index is 12.7. The molecule has 3 rings (SSSR count). The van der Waals surface area contributed by atoms with Gasteiger partial charge in [-0.25, -0.2) is 5.01 Å². The van der Waals surface area contributed by atoms with E-state index in [2.05, 4.69) is 5.43 Å². The first kappa shape index (κ1) is 17.3. The quantitative estimate of drug-likeness (QED) is 0.634. The number of rotatable bonds is 5. The lowest BCUT2D eigenvalue weighted by atomic mass is 10.1. The Morgan fingerprint density at radius 2 is 1.88 bits per heavy atom. The van der Waals surface area contributed by atoms with Crippen molar-refractivity contribution < 1.29 is 14.3 Å². The van der Waals surface area contributed by atoms with Crippen LogP contribution in [0.3, 0.4) is 0 Å². The van der Waals surface area contributed by atoms with Gasteiger partial charge in [0.25, 0.3) is 5.91 Å². The van der Waals surface area contributed by atoms with Crippen molar-refractivity contribution in [3.05, 3.63) is 59.0 Å². The number of hydrogen-bond acceptors (Lipinski definition) is 6. The zero-order valence-corrected chi connectivity index (χ0v) is 15.3. The Bertz CT molecular complexity index is 837. The summed E-state index contributed by atoms with van der Waals surface area (Å²) in [5.74, 6) is 1.13. The molecular formula is C18H16N2O3S2. The number of hydrogen-bond donors (Lipinski definition) is 1. The van der Waals surface area contributed by atoms with Crippen molar-refractivity contribution >= 4 is 46.0 Å². The summed E-state index contributed by atoms with van der Waals surface area (Å²) in [5.41, 5.74) is 4.57. The van der Waals surface area contributed by atoms with Crippen molar-refractivity contribution in [2.75, 3.05) is 19.6 Å². The Balaban J connectivity index is 1.88. The van der Waals surface area contributed by atoms with Gasteiger partial charge in [-0.2, -0.15) is 0 Å². The molecule has 1 fully saturated rings. The van der Waals surface area contributed by atoms with Crippen molar-refractivity contribution in [1.82, 2.24) is 5.01 Å². The predicted octanol–water partition coefficient (Wildman–Crippen LogP) is 3.93. The third-order valence-electron chi connectivity index (χ3n) is 3.53. The summed E-state index contributed by atoms with van der Waals surface area (Å²) >= 11 is 6.57. The van der Waals surface area contributed by atoms with Crippen molar-refractivity contribution in [2.45, 2.75) is 0 Å². The number of thiocarbonyl (C=S) groups is 1. The monoisotopic (exact) mass is 372 g/mol. The number of amides is 1. The first-order valence-corrected chi connectivity index (χ1v) is 8.66. The lowest BCUT2D eigenvalue weighted by Crippen LogP contribution is -2.33. The lowest BCUT2D eigenvalue weighted by Gasteiger charge is -2.16. The van der Waals surface area contributed by atoms with Crippen LogP contribution in [-0.4, -0.2) is 29.5 Å². The molecule has 1 aliphatic heterocycles. The van der Waals surface area contributed by atoms with Crippen LogP contribution in [0.5, 0.6) is 11.5 Å². The smallest absolute Gasteiger partial charge is 0.285 e. The van der Waals surface area contributed by atoms with Gasteiger partial charge in [0.05, 0.1) is 24.8 Å². The molecule has 0 unspecified atom stereocenters. The summed E-state index contributed by atoms with van der Waals surface area (Å²) in [6.07, 6.45) is 1.76. The van der Waals surface area contributed by atoms with E-state index in [1.54, 1.807) is 32.4 Å². The topological polar surface area (TPSA) is 50.8 Å². The highest BCUT2D eigenvalue weighted by Gasteiger charge is 2.32. The molecule has 1 N–H and O–H groups in total. The number of methoxy groups -OCH3 is 2. The number of para-hydroxylation sites is 1. The van der Waals surface area contributed by atoms with Gasteiger partial charge >= 0.3 is 0 Å². The minimum absolute atomic E-state index is 0.205. The Morgan fingerprint density at radius 1 is 1.12 bits per heavy atom. The van der Waals surface area contributed by atoms with Gasteiger partial charge in [-0.15, -0.1) is 0 Å². The van der Waals surface area contributed by atoms with E-state index in [0.29, 0.717) is 20.7 Å². The third-order valence-corrected chi connectivity index (χ3v) is 4.83. The molecule has 2 aromatic carbocycles. The first-order valence-electron chi connectivity index (χ1n) is 7.44. The van der Waals surface area contributed by atoms with Crippen LogP contribution in [0.4, 0.5) is 5.69 Å². The summed E-state index contributed by atoms with van der Waals surface area (Å²) < 4.78 is 11.0. The second-order valence-electron chi connectivity index (χ2n) is 5.10. The summed E-state index contributed by atoms with van der Waals surface area (Å²) in [4.78, 5) is 13.2. The summed E-state index contributed by atoms with van der Waals surface area (Å²) in [6.45, 7) is 0. The molecule has 128 valence electrons. The van der Waals surface area contributed by atoms with Crippen LogP contribution < -0.4 is 14.9 Å². The molecule has 0 saturated carbocycles. The van der Waals surface area contributed by atoms with Crippen LogP contribution >= 0.6 is 24.0 Å². The van der Waals surface area contributed by atoms with Crippen LogP contribution in [0.15, 0.2) is 53.4 Å². The summed E-state index contributed by atoms with van der Waals surface area (Å²) in [7, 11) is 3.18. The zero-order valence-electron chi connectivity index (χ0n) is 13.7. The fraction of sp³-hybridized carbons (Fsp3) is 0.111. The van der Waals surface area contributed by atoms with E-state index in [9.17, 15) is 4.79 Å². The summed E-state index contributed by atoms with van der Waals surface area (Å²) in [5, 5.41) is 1.37. The highest BCUT2D eigenvalue weighted by Crippen LogP contribution is 2.35. The van der Waals surface area contributed by atoms with Gasteiger partial charge in [-0.05, 0) is 48.6 Å². The molecule has 0 atom stereocenters. The highest BCUT2D eigenvalue weighted by atomic mass is 32.2. The number of nitrogens with zero attached hydrogens (tertiary/aromatic N) is 1. The maximum atomic E-state index is 12.7. The number of benzene rings is 2. The van der Waals surface area contributed by atoms with Gasteiger partial charge in [0, 0.05) is 5.56 Å². The van der Waals surface area contributed by atoms with E-state index in [4.69, 9.17) is 21.7 Å². The molecule has 0 bridgehead atoms. The van der Waals surface area contributed by atoms with Crippen LogP contribution in [-0.2, 0) is 4.79 Å². The normalized spacial score (nSPS) is 15.6. The number of hydrazine groups is 1. The lowest BCUT2D eigenvalue weighted by molar-refractivity contribution is -0.121. The minimum atomic E-state index is -0.205. The fourth-order valence-electron chi connectivity index (χ4n) is 2.30. The molecule has 0 radical (unpaired) electrons. The molecule has 2 aromatic rings. The standard InChI is InChI=1S/C18H16N2O3S2/c1-22-14-8-9-15(23-2)12(10-14)11-16-17(21)20(18(24)25-16)19-13-6-4-3-5-7-13/h3-11,19H,1-2H3. The molecule has 0 aliphatic carbocycles. The van der Waals surface area contributed by atoms with E-state index in [1.165, 1.54) is 16.8 Å². The molecule has 0 spiro atoms. The number of carbonyl (C=O) groups is 1. The predicted molar refractivity (Wildman–Crippen MR) is 105 cm³/mol. The molecule has 5 nitrogen and oxygen atoms in total. The second-order valence-corrected chi connectivity index (χ2v) is 6.78. The highest BCUT2D eigenvalue weighted by molar-refractivity contribution is 8.26. The van der Waals surface area contributed by atoms with Crippen LogP contribution in [0.25, 0.3) is 6.08 Å². The number of thioether (sulfide) groups is 1. The van der Waals surface area contributed by atoms with Crippen molar-refractivity contribution in [3.8, 4) is 11.5 Å². The maximum Gasteiger partial charge on any atom is 0.285 e. The molecule has 1 aliphatic rings. The largest absolute Gasteiger partial charge is 0.497 e. The summed E-state index contributed by atoms with van der Waals surface area (Å²) in [6, 6.07) is 14.8. The van der Waals surface area contributed by atoms with Crippen molar-refractivity contribution in [3.63, 3.8) is 0 Å². The number of ether oxygens (including phenoxy) is 2. The Hall–Kier alpha value is -2.51. The first-order chi connectivity index (χ1) is 12.1. The molecule has 1 amide bonds. The number of anilines is 1. The SMILES string of the molecule is COc1ccc(OC)c(C=C2SC(=S)N(Nc3ccccc3)C2=O)c1. The number of carbonyl (C=O) groups excluding carboxylic acids is 1. The average Bonchev–Trinajstić information content (AvgIpc) is 2.90. The Morgan fingerprint density at radius 3 is 2.56 bits per heavy atom. The Labute approximate surface area is 155 Å². The van der Waals surface area contributed by atoms with Crippen LogP contribution in [0.1, 0.15) is 5.56 Å². The van der Waals surface area contributed by atoms with Crippen molar-refractivity contribution in [2.24, 2.45) is 0 Å². The van der Waals surface area contributed by atoms with E-state index < -0.39 is 0 Å². The van der Waals surface area contributed by atoms with Crippen LogP contribution in [0.2, 0.25) is 0 Å². The zero-order chi connectivity index (χ0) is 17.8. The van der Waals surface area contributed by atoms with Crippen LogP contribution in [0, 0.1) is 0 Å². The van der Waals surface area contributed by atoms with E-state index >= 15 is 0 Å². The van der Waals surface area contributed by atoms with Gasteiger partial charge in [0.2, 0.25) is 0 Å². The van der Waals surface area contributed by atoms with Gasteiger partial charge in [0.15, 0.2) is 4.32 Å². The Kier molecular flexibility index (Phi) is 5.25. The van der Waals surface area contributed by atoms with Crippen molar-refractivity contribution in [1.29, 1.82) is 0 Å². The van der Waals surface area contributed by atoms with Gasteiger partial charge in [-0.3, -0.25) is 10.2 Å². The molecular weight excluding hydrogens is 356 g/mol. The minimum Gasteiger partial charge on any atom is -0.497 e. The van der Waals surface area contributed by atoms with Gasteiger partial charge < -0.3 is 9.47 Å². The molecule has 1 heterocycles. The molecule has 7 heteroatoms. The van der Waals surface area contributed by atoms with Gasteiger partial charge in [0.1, 0.15) is 11.5 Å².